The van der Waals surface area contributed by atoms with Gasteiger partial charge in [0.2, 0.25) is 0 Å². The van der Waals surface area contributed by atoms with E-state index in [4.69, 9.17) is 4.74 Å². The lowest BCUT2D eigenvalue weighted by Crippen LogP contribution is -2.27. The van der Waals surface area contributed by atoms with Gasteiger partial charge in [0.1, 0.15) is 5.60 Å². The van der Waals surface area contributed by atoms with E-state index in [0.29, 0.717) is 5.57 Å². The van der Waals surface area contributed by atoms with Gasteiger partial charge in [0.25, 0.3) is 0 Å². The fourth-order valence-electron chi connectivity index (χ4n) is 1.67. The van der Waals surface area contributed by atoms with Crippen molar-refractivity contribution in [3.63, 3.8) is 0 Å². The van der Waals surface area contributed by atoms with Crippen LogP contribution < -0.4 is 0 Å². The predicted octanol–water partition coefficient (Wildman–Crippen LogP) is 5.82. The van der Waals surface area contributed by atoms with Gasteiger partial charge in [0.05, 0.1) is 0 Å². The van der Waals surface area contributed by atoms with Crippen LogP contribution in [0.15, 0.2) is 43.0 Å². The first kappa shape index (κ1) is 21.2. The smallest absolute Gasteiger partial charge is 0.333 e. The van der Waals surface area contributed by atoms with Crippen LogP contribution in [0, 0.1) is 5.92 Å². The lowest BCUT2D eigenvalue weighted by atomic mass is 10.0. The van der Waals surface area contributed by atoms with Crippen LogP contribution in [0.25, 0.3) is 6.08 Å². The fourth-order valence-corrected chi connectivity index (χ4v) is 1.67. The molecule has 1 rings (SSSR count). The lowest BCUT2D eigenvalue weighted by molar-refractivity contribution is -0.151. The highest BCUT2D eigenvalue weighted by atomic mass is 16.6. The summed E-state index contributed by atoms with van der Waals surface area (Å²) < 4.78 is 5.11. The molecule has 0 heterocycles. The summed E-state index contributed by atoms with van der Waals surface area (Å²) in [6.45, 7) is 19.1. The number of ether oxygens (including phenoxy) is 1. The standard InChI is InChI=1S/C12H16.C9H16O2/c1-4-11-5-7-12(8-6-11)9-10(2)3;1-6-9(4,5)11-8(10)7(2)3/h4-8,10H,1,9H2,2-3H3;2,6H2,1,3-5H3. The predicted molar refractivity (Wildman–Crippen MR) is 100 cm³/mol. The topological polar surface area (TPSA) is 26.3 Å². The number of hydrogen-bond donors (Lipinski definition) is 0. The molecule has 0 spiro atoms. The summed E-state index contributed by atoms with van der Waals surface area (Å²) in [6, 6.07) is 8.59. The minimum atomic E-state index is -0.365. The van der Waals surface area contributed by atoms with E-state index in [9.17, 15) is 4.79 Å². The van der Waals surface area contributed by atoms with E-state index in [1.54, 1.807) is 6.92 Å². The highest BCUT2D eigenvalue weighted by molar-refractivity contribution is 5.87. The zero-order valence-electron chi connectivity index (χ0n) is 15.6. The molecule has 2 heteroatoms. The summed E-state index contributed by atoms with van der Waals surface area (Å²) >= 11 is 0. The van der Waals surface area contributed by atoms with Crippen LogP contribution in [0.4, 0.5) is 0 Å². The monoisotopic (exact) mass is 316 g/mol. The third kappa shape index (κ3) is 9.72. The van der Waals surface area contributed by atoms with Crippen LogP contribution in [0.5, 0.6) is 0 Å². The normalized spacial score (nSPS) is 10.6. The van der Waals surface area contributed by atoms with Crippen molar-refractivity contribution in [2.45, 2.75) is 60.0 Å². The van der Waals surface area contributed by atoms with E-state index in [0.717, 1.165) is 18.8 Å². The highest BCUT2D eigenvalue weighted by Gasteiger charge is 2.20. The molecular weight excluding hydrogens is 284 g/mol. The first-order valence-electron chi connectivity index (χ1n) is 8.21. The van der Waals surface area contributed by atoms with Crippen molar-refractivity contribution in [3.8, 4) is 0 Å². The molecule has 0 aliphatic rings. The molecule has 0 saturated carbocycles. The van der Waals surface area contributed by atoms with Crippen LogP contribution in [0.1, 0.15) is 59.1 Å². The number of rotatable bonds is 6. The van der Waals surface area contributed by atoms with Crippen LogP contribution >= 0.6 is 0 Å². The Morgan fingerprint density at radius 3 is 2.13 bits per heavy atom. The molecule has 0 aliphatic heterocycles. The quantitative estimate of drug-likeness (QED) is 0.488. The van der Waals surface area contributed by atoms with Gasteiger partial charge in [-0.3, -0.25) is 0 Å². The molecule has 0 bridgehead atoms. The summed E-state index contributed by atoms with van der Waals surface area (Å²) in [6.07, 6.45) is 3.85. The molecule has 1 aromatic carbocycles. The summed E-state index contributed by atoms with van der Waals surface area (Å²) in [7, 11) is 0. The Hall–Kier alpha value is -1.83. The number of esters is 1. The molecule has 0 unspecified atom stereocenters. The summed E-state index contributed by atoms with van der Waals surface area (Å²) in [5, 5.41) is 0. The molecule has 23 heavy (non-hydrogen) atoms. The van der Waals surface area contributed by atoms with Gasteiger partial charge in [-0.25, -0.2) is 4.79 Å². The second kappa shape index (κ2) is 10.0. The molecule has 0 saturated heterocycles. The van der Waals surface area contributed by atoms with Gasteiger partial charge in [0, 0.05) is 5.57 Å². The first-order valence-corrected chi connectivity index (χ1v) is 8.21. The van der Waals surface area contributed by atoms with E-state index in [1.165, 1.54) is 11.1 Å². The number of carbonyl (C=O) groups is 1. The van der Waals surface area contributed by atoms with Crippen LogP contribution in [-0.2, 0) is 16.0 Å². The molecule has 0 radical (unpaired) electrons. The van der Waals surface area contributed by atoms with Crippen LogP contribution in [0.3, 0.4) is 0 Å². The fraction of sp³-hybridized carbons (Fsp3) is 0.476. The Balaban J connectivity index is 0.000000423. The van der Waals surface area contributed by atoms with Crippen LogP contribution in [-0.4, -0.2) is 11.6 Å². The third-order valence-electron chi connectivity index (χ3n) is 3.43. The zero-order valence-corrected chi connectivity index (χ0v) is 15.6. The Kier molecular flexibility index (Phi) is 9.24. The number of benzene rings is 1. The second-order valence-corrected chi connectivity index (χ2v) is 6.83. The maximum Gasteiger partial charge on any atom is 0.333 e. The van der Waals surface area contributed by atoms with Gasteiger partial charge in [-0.2, -0.15) is 0 Å². The molecular formula is C21H32O2. The van der Waals surface area contributed by atoms with E-state index < -0.39 is 0 Å². The van der Waals surface area contributed by atoms with Crippen molar-refractivity contribution < 1.29 is 9.53 Å². The molecule has 0 N–H and O–H groups in total. The second-order valence-electron chi connectivity index (χ2n) is 6.83. The molecule has 0 amide bonds. The number of hydrogen-bond acceptors (Lipinski definition) is 2. The van der Waals surface area contributed by atoms with Crippen molar-refractivity contribution in [2.75, 3.05) is 0 Å². The number of carbonyl (C=O) groups excluding carboxylic acids is 1. The van der Waals surface area contributed by atoms with Gasteiger partial charge in [-0.15, -0.1) is 0 Å². The van der Waals surface area contributed by atoms with Crippen molar-refractivity contribution in [2.24, 2.45) is 5.92 Å². The van der Waals surface area contributed by atoms with E-state index >= 15 is 0 Å². The first-order chi connectivity index (χ1) is 10.6. The van der Waals surface area contributed by atoms with Gasteiger partial charge >= 0.3 is 5.97 Å². The van der Waals surface area contributed by atoms with Crippen molar-refractivity contribution in [1.29, 1.82) is 0 Å². The van der Waals surface area contributed by atoms with Crippen molar-refractivity contribution in [3.05, 3.63) is 54.1 Å². The van der Waals surface area contributed by atoms with E-state index in [-0.39, 0.29) is 11.6 Å². The Labute approximate surface area is 142 Å². The van der Waals surface area contributed by atoms with Gasteiger partial charge in [-0.05, 0) is 50.7 Å². The molecule has 128 valence electrons. The van der Waals surface area contributed by atoms with Gasteiger partial charge in [0.15, 0.2) is 0 Å². The molecule has 1 aromatic rings. The zero-order chi connectivity index (χ0) is 18.0. The summed E-state index contributed by atoms with van der Waals surface area (Å²) in [4.78, 5) is 11.0. The molecule has 2 nitrogen and oxygen atoms in total. The Bertz CT molecular complexity index is 507. The van der Waals surface area contributed by atoms with Gasteiger partial charge < -0.3 is 4.74 Å². The Morgan fingerprint density at radius 2 is 1.78 bits per heavy atom. The minimum Gasteiger partial charge on any atom is -0.456 e. The maximum atomic E-state index is 11.0. The van der Waals surface area contributed by atoms with Crippen molar-refractivity contribution in [1.82, 2.24) is 0 Å². The van der Waals surface area contributed by atoms with Crippen LogP contribution in [0.2, 0.25) is 0 Å². The van der Waals surface area contributed by atoms with Gasteiger partial charge in [-0.1, -0.05) is 64.3 Å². The van der Waals surface area contributed by atoms with E-state index in [1.807, 2.05) is 26.8 Å². The minimum absolute atomic E-state index is 0.308. The average molecular weight is 316 g/mol. The lowest BCUT2D eigenvalue weighted by Gasteiger charge is -2.23. The maximum absolute atomic E-state index is 11.0. The summed E-state index contributed by atoms with van der Waals surface area (Å²) in [5.74, 6) is 0.427. The third-order valence-corrected chi connectivity index (χ3v) is 3.43. The Morgan fingerprint density at radius 1 is 1.26 bits per heavy atom. The molecule has 0 fully saturated rings. The summed E-state index contributed by atoms with van der Waals surface area (Å²) in [5.41, 5.74) is 2.69. The SMILES string of the molecule is C=C(C)C(=O)OC(C)(C)CC.C=Cc1ccc(CC(C)C)cc1. The highest BCUT2D eigenvalue weighted by Crippen LogP contribution is 2.15. The van der Waals surface area contributed by atoms with Crippen molar-refractivity contribution >= 4 is 12.0 Å². The largest absolute Gasteiger partial charge is 0.456 e. The average Bonchev–Trinajstić information content (AvgIpc) is 2.47. The molecule has 0 aliphatic carbocycles. The molecule has 0 atom stereocenters. The van der Waals surface area contributed by atoms with E-state index in [2.05, 4.69) is 51.3 Å². The molecule has 0 aromatic heterocycles.